The highest BCUT2D eigenvalue weighted by molar-refractivity contribution is 7.99. The van der Waals surface area contributed by atoms with Crippen LogP contribution < -0.4 is 10.1 Å². The number of carbonyl (C=O) groups excluding carboxylic acids is 1. The number of nitrogens with one attached hydrogen (secondary N) is 1. The van der Waals surface area contributed by atoms with E-state index >= 15 is 0 Å². The van der Waals surface area contributed by atoms with Gasteiger partial charge in [-0.25, -0.2) is 4.39 Å². The molecule has 0 saturated carbocycles. The fraction of sp³-hybridized carbons (Fsp3) is 0.462. The Labute approximate surface area is 127 Å². The SMILES string of the molecule is O=C1N[C@@H](c2c(F)cccc2OC(F)(F)F)N2CCSC[C@@H]12. The zero-order valence-corrected chi connectivity index (χ0v) is 12.0. The number of rotatable bonds is 2. The second-order valence-electron chi connectivity index (χ2n) is 4.94. The molecule has 9 heteroatoms. The topological polar surface area (TPSA) is 41.6 Å². The minimum atomic E-state index is -4.93. The van der Waals surface area contributed by atoms with Crippen molar-refractivity contribution in [2.45, 2.75) is 18.6 Å². The maximum Gasteiger partial charge on any atom is 0.573 e. The van der Waals surface area contributed by atoms with Crippen molar-refractivity contribution in [3.05, 3.63) is 29.6 Å². The largest absolute Gasteiger partial charge is 0.573 e. The summed E-state index contributed by atoms with van der Waals surface area (Å²) in [7, 11) is 0. The molecule has 1 N–H and O–H groups in total. The molecule has 2 atom stereocenters. The molecule has 1 aromatic rings. The van der Waals surface area contributed by atoms with Crippen molar-refractivity contribution in [2.75, 3.05) is 18.1 Å². The Morgan fingerprint density at radius 2 is 2.14 bits per heavy atom. The third-order valence-electron chi connectivity index (χ3n) is 3.60. The number of fused-ring (bicyclic) bond motifs is 1. The molecular formula is C13H12F4N2O2S. The molecule has 4 nitrogen and oxygen atoms in total. The molecule has 1 aromatic carbocycles. The van der Waals surface area contributed by atoms with Crippen LogP contribution in [0.1, 0.15) is 11.7 Å². The van der Waals surface area contributed by atoms with Crippen molar-refractivity contribution in [1.29, 1.82) is 0 Å². The number of amides is 1. The fourth-order valence-electron chi connectivity index (χ4n) is 2.70. The lowest BCUT2D eigenvalue weighted by Crippen LogP contribution is -2.41. The molecule has 120 valence electrons. The van der Waals surface area contributed by atoms with Gasteiger partial charge in [0, 0.05) is 18.1 Å². The average molecular weight is 336 g/mol. The van der Waals surface area contributed by atoms with Gasteiger partial charge in [-0.1, -0.05) is 6.07 Å². The fourth-order valence-corrected chi connectivity index (χ4v) is 3.77. The zero-order chi connectivity index (χ0) is 15.9. The van der Waals surface area contributed by atoms with Crippen LogP contribution in [-0.4, -0.2) is 41.3 Å². The standard InChI is InChI=1S/C13H12F4N2O2S/c14-7-2-1-3-9(21-13(15,16)17)10(7)11-18-12(20)8-6-22-5-4-19(8)11/h1-3,8,11H,4-6H2,(H,18,20)/t8-,11+/m0/s1. The highest BCUT2D eigenvalue weighted by Gasteiger charge is 2.45. The summed E-state index contributed by atoms with van der Waals surface area (Å²) >= 11 is 1.58. The molecule has 0 radical (unpaired) electrons. The smallest absolute Gasteiger partial charge is 0.405 e. The second kappa shape index (κ2) is 5.62. The summed E-state index contributed by atoms with van der Waals surface area (Å²) in [5.74, 6) is -0.515. The maximum atomic E-state index is 14.1. The van der Waals surface area contributed by atoms with Gasteiger partial charge in [0.05, 0.1) is 5.56 Å². The number of carbonyl (C=O) groups is 1. The van der Waals surface area contributed by atoms with E-state index in [1.807, 2.05) is 0 Å². The van der Waals surface area contributed by atoms with E-state index in [1.54, 1.807) is 16.7 Å². The van der Waals surface area contributed by atoms with Gasteiger partial charge in [-0.2, -0.15) is 11.8 Å². The number of thioether (sulfide) groups is 1. The molecule has 2 fully saturated rings. The number of halogens is 4. The van der Waals surface area contributed by atoms with E-state index in [1.165, 1.54) is 0 Å². The third-order valence-corrected chi connectivity index (χ3v) is 4.62. The van der Waals surface area contributed by atoms with Gasteiger partial charge in [-0.3, -0.25) is 9.69 Å². The van der Waals surface area contributed by atoms with Crippen LogP contribution in [-0.2, 0) is 4.79 Å². The summed E-state index contributed by atoms with van der Waals surface area (Å²) in [5, 5.41) is 2.57. The zero-order valence-electron chi connectivity index (χ0n) is 11.2. The Morgan fingerprint density at radius 3 is 2.86 bits per heavy atom. The van der Waals surface area contributed by atoms with Gasteiger partial charge in [0.25, 0.3) is 0 Å². The first-order chi connectivity index (χ1) is 10.4. The van der Waals surface area contributed by atoms with Gasteiger partial charge in [0.15, 0.2) is 0 Å². The number of hydrogen-bond donors (Lipinski definition) is 1. The highest BCUT2D eigenvalue weighted by Crippen LogP contribution is 2.38. The summed E-state index contributed by atoms with van der Waals surface area (Å²) in [6.45, 7) is 0.485. The number of ether oxygens (including phenoxy) is 1. The first kappa shape index (κ1) is 15.4. The lowest BCUT2D eigenvalue weighted by atomic mass is 10.1. The lowest BCUT2D eigenvalue weighted by molar-refractivity contribution is -0.275. The van der Waals surface area contributed by atoms with Crippen LogP contribution in [0.5, 0.6) is 5.75 Å². The molecule has 2 aliphatic rings. The Balaban J connectivity index is 1.99. The van der Waals surface area contributed by atoms with Gasteiger partial charge in [0.1, 0.15) is 23.8 Å². The van der Waals surface area contributed by atoms with Gasteiger partial charge >= 0.3 is 6.36 Å². The van der Waals surface area contributed by atoms with E-state index in [0.717, 1.165) is 24.0 Å². The third kappa shape index (κ3) is 2.87. The van der Waals surface area contributed by atoms with Crippen LogP contribution >= 0.6 is 11.8 Å². The first-order valence-corrected chi connectivity index (χ1v) is 7.70. The summed E-state index contributed by atoms with van der Waals surface area (Å²) < 4.78 is 55.6. The number of hydrogen-bond acceptors (Lipinski definition) is 4. The van der Waals surface area contributed by atoms with Crippen molar-refractivity contribution in [2.24, 2.45) is 0 Å². The molecule has 1 amide bonds. The molecule has 0 aromatic heterocycles. The van der Waals surface area contributed by atoms with Crippen LogP contribution in [0.3, 0.4) is 0 Å². The van der Waals surface area contributed by atoms with E-state index in [2.05, 4.69) is 10.1 Å². The first-order valence-electron chi connectivity index (χ1n) is 6.55. The molecule has 2 aliphatic heterocycles. The molecule has 0 bridgehead atoms. The number of benzene rings is 1. The minimum Gasteiger partial charge on any atom is -0.405 e. The molecule has 3 rings (SSSR count). The Kier molecular flexibility index (Phi) is 3.94. The Bertz CT molecular complexity index is 596. The predicted molar refractivity (Wildman–Crippen MR) is 71.8 cm³/mol. The van der Waals surface area contributed by atoms with Crippen molar-refractivity contribution in [3.63, 3.8) is 0 Å². The molecule has 22 heavy (non-hydrogen) atoms. The van der Waals surface area contributed by atoms with Gasteiger partial charge in [-0.05, 0) is 12.1 Å². The Morgan fingerprint density at radius 1 is 1.36 bits per heavy atom. The van der Waals surface area contributed by atoms with Crippen LogP contribution in [0.2, 0.25) is 0 Å². The van der Waals surface area contributed by atoms with Crippen LogP contribution in [0.25, 0.3) is 0 Å². The molecule has 0 aliphatic carbocycles. The average Bonchev–Trinajstić information content (AvgIpc) is 2.75. The van der Waals surface area contributed by atoms with Crippen LogP contribution in [0.4, 0.5) is 17.6 Å². The monoisotopic (exact) mass is 336 g/mol. The normalized spacial score (nSPS) is 25.7. The van der Waals surface area contributed by atoms with Crippen molar-refractivity contribution < 1.29 is 27.1 Å². The van der Waals surface area contributed by atoms with Crippen molar-refractivity contribution in [1.82, 2.24) is 10.2 Å². The highest BCUT2D eigenvalue weighted by atomic mass is 32.2. The van der Waals surface area contributed by atoms with Crippen molar-refractivity contribution in [3.8, 4) is 5.75 Å². The van der Waals surface area contributed by atoms with E-state index in [0.29, 0.717) is 12.3 Å². The van der Waals surface area contributed by atoms with E-state index < -0.39 is 30.1 Å². The summed E-state index contributed by atoms with van der Waals surface area (Å²) in [6, 6.07) is 2.78. The van der Waals surface area contributed by atoms with Crippen LogP contribution in [0, 0.1) is 5.82 Å². The van der Waals surface area contributed by atoms with E-state index in [9.17, 15) is 22.4 Å². The summed E-state index contributed by atoms with van der Waals surface area (Å²) in [6.07, 6.45) is -5.88. The maximum absolute atomic E-state index is 14.1. The Hall–Kier alpha value is -1.48. The van der Waals surface area contributed by atoms with E-state index in [-0.39, 0.29) is 11.5 Å². The predicted octanol–water partition coefficient (Wildman–Crippen LogP) is 2.27. The van der Waals surface area contributed by atoms with Gasteiger partial charge in [-0.15, -0.1) is 13.2 Å². The van der Waals surface area contributed by atoms with Crippen LogP contribution in [0.15, 0.2) is 18.2 Å². The minimum absolute atomic E-state index is 0.289. The number of alkyl halides is 3. The van der Waals surface area contributed by atoms with Crippen molar-refractivity contribution >= 4 is 17.7 Å². The molecule has 2 saturated heterocycles. The quantitative estimate of drug-likeness (QED) is 0.842. The molecule has 0 unspecified atom stereocenters. The molecule has 0 spiro atoms. The molecular weight excluding hydrogens is 324 g/mol. The number of nitrogens with zero attached hydrogens (tertiary/aromatic N) is 1. The summed E-state index contributed by atoms with van der Waals surface area (Å²) in [4.78, 5) is 13.6. The lowest BCUT2D eigenvalue weighted by Gasteiger charge is -2.31. The van der Waals surface area contributed by atoms with Gasteiger partial charge < -0.3 is 10.1 Å². The van der Waals surface area contributed by atoms with Gasteiger partial charge in [0.2, 0.25) is 5.91 Å². The van der Waals surface area contributed by atoms with E-state index in [4.69, 9.17) is 0 Å². The second-order valence-corrected chi connectivity index (χ2v) is 6.09. The molecule has 2 heterocycles. The summed E-state index contributed by atoms with van der Waals surface area (Å²) in [5.41, 5.74) is -0.289.